The molecule has 1 aliphatic rings. The lowest BCUT2D eigenvalue weighted by atomic mass is 10.2. The second-order valence-electron chi connectivity index (χ2n) is 5.76. The smallest absolute Gasteiger partial charge is 0.319 e. The number of nitrogen functional groups attached to an aromatic ring is 1. The third kappa shape index (κ3) is 5.14. The standard InChI is InChI=1S/C16H20N6O3S/c17-15-22-21-13(26-15)9-19-16(24)20-11-5-3-10(4-6-11)14(23)18-8-12-2-1-7-25-12/h3-6,12H,1-2,7-9H2,(H2,17,22)(H,18,23)(H2,19,20,24)/t12-/m1/s1. The number of carbonyl (C=O) groups excluding carboxylic acids is 2. The van der Waals surface area contributed by atoms with Crippen LogP contribution in [0.3, 0.4) is 0 Å². The largest absolute Gasteiger partial charge is 0.376 e. The molecule has 2 aromatic rings. The highest BCUT2D eigenvalue weighted by atomic mass is 32.1. The molecule has 0 unspecified atom stereocenters. The summed E-state index contributed by atoms with van der Waals surface area (Å²) in [5.41, 5.74) is 6.59. The van der Waals surface area contributed by atoms with Crippen molar-refractivity contribution in [3.63, 3.8) is 0 Å². The molecule has 1 atom stereocenters. The number of anilines is 2. The summed E-state index contributed by atoms with van der Waals surface area (Å²) in [6.07, 6.45) is 2.11. The molecular weight excluding hydrogens is 356 g/mol. The Labute approximate surface area is 154 Å². The molecule has 1 aromatic carbocycles. The second kappa shape index (κ2) is 8.59. The molecular formula is C16H20N6O3S. The number of urea groups is 1. The lowest BCUT2D eigenvalue weighted by Crippen LogP contribution is -2.31. The first-order chi connectivity index (χ1) is 12.6. The van der Waals surface area contributed by atoms with Gasteiger partial charge in [-0.05, 0) is 37.1 Å². The Morgan fingerprint density at radius 3 is 2.69 bits per heavy atom. The van der Waals surface area contributed by atoms with E-state index in [2.05, 4.69) is 26.1 Å². The van der Waals surface area contributed by atoms with Gasteiger partial charge >= 0.3 is 6.03 Å². The van der Waals surface area contributed by atoms with Crippen LogP contribution in [0.2, 0.25) is 0 Å². The highest BCUT2D eigenvalue weighted by molar-refractivity contribution is 7.15. The maximum atomic E-state index is 12.1. The molecule has 0 bridgehead atoms. The first-order valence-electron chi connectivity index (χ1n) is 8.23. The van der Waals surface area contributed by atoms with Gasteiger partial charge < -0.3 is 26.4 Å². The van der Waals surface area contributed by atoms with Crippen LogP contribution in [0.15, 0.2) is 24.3 Å². The summed E-state index contributed by atoms with van der Waals surface area (Å²) >= 11 is 1.21. The zero-order valence-electron chi connectivity index (χ0n) is 14.0. The Balaban J connectivity index is 1.44. The van der Waals surface area contributed by atoms with Crippen molar-refractivity contribution < 1.29 is 14.3 Å². The molecule has 5 N–H and O–H groups in total. The SMILES string of the molecule is Nc1nnc(CNC(=O)Nc2ccc(C(=O)NC[C@H]3CCCO3)cc2)s1. The van der Waals surface area contributed by atoms with Gasteiger partial charge in [-0.1, -0.05) is 11.3 Å². The molecule has 0 radical (unpaired) electrons. The molecule has 10 heteroatoms. The Morgan fingerprint density at radius 2 is 2.04 bits per heavy atom. The van der Waals surface area contributed by atoms with E-state index >= 15 is 0 Å². The van der Waals surface area contributed by atoms with Gasteiger partial charge in [-0.25, -0.2) is 4.79 Å². The van der Waals surface area contributed by atoms with Gasteiger partial charge in [0.15, 0.2) is 0 Å². The highest BCUT2D eigenvalue weighted by Crippen LogP contribution is 2.13. The third-order valence-electron chi connectivity index (χ3n) is 3.80. The molecule has 2 heterocycles. The van der Waals surface area contributed by atoms with E-state index < -0.39 is 0 Å². The van der Waals surface area contributed by atoms with Crippen LogP contribution in [-0.4, -0.2) is 41.4 Å². The second-order valence-corrected chi connectivity index (χ2v) is 6.86. The molecule has 1 fully saturated rings. The van der Waals surface area contributed by atoms with Gasteiger partial charge in [0.1, 0.15) is 5.01 Å². The van der Waals surface area contributed by atoms with E-state index in [9.17, 15) is 9.59 Å². The van der Waals surface area contributed by atoms with Crippen LogP contribution >= 0.6 is 11.3 Å². The number of nitrogens with one attached hydrogen (secondary N) is 3. The lowest BCUT2D eigenvalue weighted by molar-refractivity contribution is 0.0858. The molecule has 1 aliphatic heterocycles. The van der Waals surface area contributed by atoms with E-state index in [0.717, 1.165) is 19.4 Å². The van der Waals surface area contributed by atoms with Crippen molar-refractivity contribution in [2.75, 3.05) is 24.2 Å². The van der Waals surface area contributed by atoms with E-state index in [1.807, 2.05) is 0 Å². The van der Waals surface area contributed by atoms with E-state index in [1.165, 1.54) is 11.3 Å². The van der Waals surface area contributed by atoms with Crippen LogP contribution in [0.5, 0.6) is 0 Å². The fraction of sp³-hybridized carbons (Fsp3) is 0.375. The topological polar surface area (TPSA) is 131 Å². The minimum Gasteiger partial charge on any atom is -0.376 e. The zero-order valence-corrected chi connectivity index (χ0v) is 14.8. The van der Waals surface area contributed by atoms with Crippen molar-refractivity contribution in [3.05, 3.63) is 34.8 Å². The average molecular weight is 376 g/mol. The maximum Gasteiger partial charge on any atom is 0.319 e. The minimum absolute atomic E-state index is 0.104. The summed E-state index contributed by atoms with van der Waals surface area (Å²) in [4.78, 5) is 24.0. The first kappa shape index (κ1) is 18.1. The van der Waals surface area contributed by atoms with Gasteiger partial charge in [-0.2, -0.15) is 0 Å². The Kier molecular flexibility index (Phi) is 5.97. The van der Waals surface area contributed by atoms with E-state index in [-0.39, 0.29) is 24.6 Å². The van der Waals surface area contributed by atoms with Gasteiger partial charge in [-0.15, -0.1) is 10.2 Å². The number of rotatable bonds is 6. The molecule has 9 nitrogen and oxygen atoms in total. The molecule has 0 aliphatic carbocycles. The summed E-state index contributed by atoms with van der Waals surface area (Å²) in [5.74, 6) is -0.162. The molecule has 0 saturated carbocycles. The zero-order chi connectivity index (χ0) is 18.4. The predicted octanol–water partition coefficient (Wildman–Crippen LogP) is 1.35. The van der Waals surface area contributed by atoms with E-state index in [0.29, 0.717) is 27.9 Å². The number of hydrogen-bond donors (Lipinski definition) is 4. The van der Waals surface area contributed by atoms with Crippen LogP contribution in [0, 0.1) is 0 Å². The normalized spacial score (nSPS) is 16.2. The van der Waals surface area contributed by atoms with Gasteiger partial charge in [0.2, 0.25) is 5.13 Å². The minimum atomic E-state index is -0.380. The fourth-order valence-corrected chi connectivity index (χ4v) is 3.04. The molecule has 0 spiro atoms. The van der Waals surface area contributed by atoms with Crippen LogP contribution in [0.4, 0.5) is 15.6 Å². The maximum absolute atomic E-state index is 12.1. The third-order valence-corrected chi connectivity index (χ3v) is 4.55. The van der Waals surface area contributed by atoms with Gasteiger partial charge in [0.05, 0.1) is 12.6 Å². The number of carbonyl (C=O) groups is 2. The van der Waals surface area contributed by atoms with Gasteiger partial charge in [0, 0.05) is 24.4 Å². The van der Waals surface area contributed by atoms with Crippen LogP contribution in [0.1, 0.15) is 28.2 Å². The number of nitrogens with two attached hydrogens (primary N) is 1. The number of nitrogens with zero attached hydrogens (tertiary/aromatic N) is 2. The highest BCUT2D eigenvalue weighted by Gasteiger charge is 2.16. The van der Waals surface area contributed by atoms with Crippen molar-refractivity contribution in [3.8, 4) is 0 Å². The molecule has 26 heavy (non-hydrogen) atoms. The van der Waals surface area contributed by atoms with Gasteiger partial charge in [0.25, 0.3) is 5.91 Å². The molecule has 3 amide bonds. The Bertz CT molecular complexity index is 758. The lowest BCUT2D eigenvalue weighted by Gasteiger charge is -2.11. The van der Waals surface area contributed by atoms with Crippen LogP contribution < -0.4 is 21.7 Å². The Hall–Kier alpha value is -2.72. The van der Waals surface area contributed by atoms with E-state index in [4.69, 9.17) is 10.5 Å². The van der Waals surface area contributed by atoms with Crippen LogP contribution in [-0.2, 0) is 11.3 Å². The van der Waals surface area contributed by atoms with Crippen molar-refractivity contribution >= 4 is 34.1 Å². The average Bonchev–Trinajstić information content (AvgIpc) is 3.30. The Morgan fingerprint density at radius 1 is 1.23 bits per heavy atom. The summed E-state index contributed by atoms with van der Waals surface area (Å²) in [7, 11) is 0. The summed E-state index contributed by atoms with van der Waals surface area (Å²) < 4.78 is 5.47. The number of hydrogen-bond acceptors (Lipinski definition) is 7. The molecule has 1 aromatic heterocycles. The van der Waals surface area contributed by atoms with Crippen LogP contribution in [0.25, 0.3) is 0 Å². The number of amides is 3. The fourth-order valence-electron chi connectivity index (χ4n) is 2.49. The quantitative estimate of drug-likeness (QED) is 0.602. The number of benzene rings is 1. The van der Waals surface area contributed by atoms with Crippen molar-refractivity contribution in [1.82, 2.24) is 20.8 Å². The predicted molar refractivity (Wildman–Crippen MR) is 97.9 cm³/mol. The molecule has 138 valence electrons. The summed E-state index contributed by atoms with van der Waals surface area (Å²) in [6, 6.07) is 6.28. The van der Waals surface area contributed by atoms with Crippen molar-refractivity contribution in [1.29, 1.82) is 0 Å². The monoisotopic (exact) mass is 376 g/mol. The van der Waals surface area contributed by atoms with Gasteiger partial charge in [-0.3, -0.25) is 4.79 Å². The summed E-state index contributed by atoms with van der Waals surface area (Å²) in [5, 5.41) is 16.7. The van der Waals surface area contributed by atoms with E-state index in [1.54, 1.807) is 24.3 Å². The number of ether oxygens (including phenoxy) is 1. The van der Waals surface area contributed by atoms with Crippen molar-refractivity contribution in [2.45, 2.75) is 25.5 Å². The first-order valence-corrected chi connectivity index (χ1v) is 9.04. The van der Waals surface area contributed by atoms with Crippen molar-refractivity contribution in [2.24, 2.45) is 0 Å². The number of aromatic nitrogens is 2. The summed E-state index contributed by atoms with van der Waals surface area (Å²) in [6.45, 7) is 1.51. The molecule has 1 saturated heterocycles. The molecule has 3 rings (SSSR count).